The largest absolute Gasteiger partial charge is 0.530 e. The van der Waals surface area contributed by atoms with Crippen LogP contribution < -0.4 is 9.84 Å². The van der Waals surface area contributed by atoms with Gasteiger partial charge in [0, 0.05) is 25.0 Å². The lowest BCUT2D eigenvalue weighted by Gasteiger charge is -2.46. The fourth-order valence-corrected chi connectivity index (χ4v) is 5.99. The summed E-state index contributed by atoms with van der Waals surface area (Å²) in [5.74, 6) is 0.318. The van der Waals surface area contributed by atoms with Gasteiger partial charge in [-0.1, -0.05) is 37.3 Å². The Bertz CT molecular complexity index is 1170. The van der Waals surface area contributed by atoms with Gasteiger partial charge in [0.2, 0.25) is 10.0 Å². The third-order valence-corrected chi connectivity index (χ3v) is 8.18. The third kappa shape index (κ3) is 8.45. The normalized spacial score (nSPS) is 14.4. The fourth-order valence-electron chi connectivity index (χ4n) is 4.41. The molecule has 208 valence electrons. The highest BCUT2D eigenvalue weighted by Gasteiger charge is 2.37. The Labute approximate surface area is 226 Å². The highest BCUT2D eigenvalue weighted by atomic mass is 32.2. The Morgan fingerprint density at radius 3 is 2.21 bits per heavy atom. The molecule has 1 unspecified atom stereocenters. The molecule has 0 saturated heterocycles. The lowest BCUT2D eigenvalue weighted by Crippen LogP contribution is -2.62. The molecule has 0 fully saturated rings. The molecule has 0 aliphatic heterocycles. The van der Waals surface area contributed by atoms with Crippen LogP contribution in [-0.4, -0.2) is 66.7 Å². The fraction of sp³-hybridized carbons (Fsp3) is 0.500. The molecule has 1 N–H and O–H groups in total. The molecule has 0 heterocycles. The summed E-state index contributed by atoms with van der Waals surface area (Å²) in [6, 6.07) is 16.1. The molecule has 2 aromatic carbocycles. The number of hydrogen-bond acceptors (Lipinski definition) is 7. The van der Waals surface area contributed by atoms with Crippen LogP contribution in [0.5, 0.6) is 5.75 Å². The number of methoxy groups -OCH3 is 1. The zero-order valence-electron chi connectivity index (χ0n) is 22.7. The van der Waals surface area contributed by atoms with E-state index in [0.717, 1.165) is 10.5 Å². The summed E-state index contributed by atoms with van der Waals surface area (Å²) < 4.78 is 33.8. The van der Waals surface area contributed by atoms with Crippen molar-refractivity contribution in [1.82, 2.24) is 9.21 Å². The third-order valence-electron chi connectivity index (χ3n) is 6.34. The molecule has 9 nitrogen and oxygen atoms in total. The number of aliphatic hydroxyl groups is 1. The van der Waals surface area contributed by atoms with Gasteiger partial charge in [-0.2, -0.15) is 9.57 Å². The van der Waals surface area contributed by atoms with Crippen LogP contribution in [0.15, 0.2) is 59.5 Å². The molecule has 0 bridgehead atoms. The van der Waals surface area contributed by atoms with Crippen molar-refractivity contribution in [2.45, 2.75) is 69.5 Å². The smallest absolute Gasteiger partial charge is 0.243 e. The molecule has 0 saturated carbocycles. The molecule has 1 amide bonds. The van der Waals surface area contributed by atoms with Crippen molar-refractivity contribution in [3.63, 3.8) is 0 Å². The number of hydrogen-bond donors (Lipinski definition) is 1. The SMILES string of the molecule is COc1ccc(S(=O)(=O)N(CC(C)CCC#N)C[C@@H](O)[C@H](Cc2ccccc2)N(C(=O)[O-])C(C)(C)C)cc1. The Morgan fingerprint density at radius 1 is 1.11 bits per heavy atom. The second kappa shape index (κ2) is 13.6. The number of nitriles is 1. The molecule has 3 atom stereocenters. The summed E-state index contributed by atoms with van der Waals surface area (Å²) in [6.45, 7) is 6.63. The zero-order valence-corrected chi connectivity index (χ0v) is 23.5. The molecular weight excluding hydrogens is 506 g/mol. The first-order chi connectivity index (χ1) is 17.8. The number of benzene rings is 2. The molecule has 0 aliphatic carbocycles. The Hall–Kier alpha value is -3.13. The first-order valence-corrected chi connectivity index (χ1v) is 14.0. The number of amides is 1. The number of aliphatic hydroxyl groups excluding tert-OH is 1. The van der Waals surface area contributed by atoms with Crippen LogP contribution in [0.4, 0.5) is 4.79 Å². The van der Waals surface area contributed by atoms with Gasteiger partial charge in [0.05, 0.1) is 30.2 Å². The lowest BCUT2D eigenvalue weighted by atomic mass is 9.94. The standard InChI is InChI=1S/C28H39N3O6S/c1-21(10-9-17-29)19-30(38(35,36)24-15-13-23(37-5)14-16-24)20-26(32)25(18-22-11-7-6-8-12-22)31(27(33)34)28(2,3)4/h6-8,11-16,21,25-26,32H,9-10,18-20H2,1-5H3,(H,33,34)/p-1/t21?,25-,26+/m0/s1. The van der Waals surface area contributed by atoms with Crippen molar-refractivity contribution in [1.29, 1.82) is 5.26 Å². The van der Waals surface area contributed by atoms with Crippen LogP contribution in [0.2, 0.25) is 0 Å². The van der Waals surface area contributed by atoms with Gasteiger partial charge in [-0.05, 0) is 69.4 Å². The van der Waals surface area contributed by atoms with Crippen LogP contribution in [-0.2, 0) is 16.4 Å². The quantitative estimate of drug-likeness (QED) is 0.410. The predicted octanol–water partition coefficient (Wildman–Crippen LogP) is 3.04. The van der Waals surface area contributed by atoms with Gasteiger partial charge in [-0.15, -0.1) is 0 Å². The van der Waals surface area contributed by atoms with Gasteiger partial charge in [-0.3, -0.25) is 0 Å². The second-order valence-electron chi connectivity index (χ2n) is 10.4. The van der Waals surface area contributed by atoms with Gasteiger partial charge in [0.15, 0.2) is 0 Å². The predicted molar refractivity (Wildman–Crippen MR) is 143 cm³/mol. The number of sulfonamides is 1. The van der Waals surface area contributed by atoms with E-state index < -0.39 is 33.8 Å². The maximum atomic E-state index is 13.7. The monoisotopic (exact) mass is 544 g/mol. The van der Waals surface area contributed by atoms with E-state index in [4.69, 9.17) is 10.00 Å². The van der Waals surface area contributed by atoms with Crippen LogP contribution in [0, 0.1) is 17.2 Å². The van der Waals surface area contributed by atoms with Gasteiger partial charge in [0.1, 0.15) is 11.8 Å². The van der Waals surface area contributed by atoms with Crippen LogP contribution in [0.25, 0.3) is 0 Å². The van der Waals surface area contributed by atoms with E-state index in [0.29, 0.717) is 12.2 Å². The molecule has 10 heteroatoms. The van der Waals surface area contributed by atoms with E-state index >= 15 is 0 Å². The summed E-state index contributed by atoms with van der Waals surface area (Å²) in [6.07, 6.45) is -1.93. The molecule has 0 spiro atoms. The van der Waals surface area contributed by atoms with Crippen molar-refractivity contribution < 1.29 is 28.2 Å². The summed E-state index contributed by atoms with van der Waals surface area (Å²) in [7, 11) is -2.60. The second-order valence-corrected chi connectivity index (χ2v) is 12.4. The summed E-state index contributed by atoms with van der Waals surface area (Å²) in [5, 5.41) is 32.7. The Morgan fingerprint density at radius 2 is 1.71 bits per heavy atom. The molecule has 0 aliphatic rings. The number of carbonyl (C=O) groups is 1. The summed E-state index contributed by atoms with van der Waals surface area (Å²) in [4.78, 5) is 13.4. The van der Waals surface area contributed by atoms with E-state index in [2.05, 4.69) is 6.07 Å². The number of carbonyl (C=O) groups excluding carboxylic acids is 1. The van der Waals surface area contributed by atoms with E-state index in [1.54, 1.807) is 20.8 Å². The molecule has 2 aromatic rings. The highest BCUT2D eigenvalue weighted by molar-refractivity contribution is 7.89. The van der Waals surface area contributed by atoms with Crippen LogP contribution in [0.1, 0.15) is 46.1 Å². The van der Waals surface area contributed by atoms with E-state index in [-0.39, 0.29) is 36.7 Å². The maximum absolute atomic E-state index is 13.7. The molecule has 2 rings (SSSR count). The van der Waals surface area contributed by atoms with Crippen molar-refractivity contribution in [3.8, 4) is 11.8 Å². The first-order valence-electron chi connectivity index (χ1n) is 12.5. The van der Waals surface area contributed by atoms with E-state index in [1.807, 2.05) is 37.3 Å². The minimum absolute atomic E-state index is 0.0187. The Kier molecular flexibility index (Phi) is 11.1. The minimum atomic E-state index is -4.08. The first kappa shape index (κ1) is 31.1. The molecule has 0 radical (unpaired) electrons. The summed E-state index contributed by atoms with van der Waals surface area (Å²) in [5.41, 5.74) is -0.127. The van der Waals surface area contributed by atoms with E-state index in [9.17, 15) is 23.4 Å². The number of nitrogens with zero attached hydrogens (tertiary/aromatic N) is 3. The van der Waals surface area contributed by atoms with E-state index in [1.165, 1.54) is 35.7 Å². The molecule has 0 aromatic heterocycles. The average Bonchev–Trinajstić information content (AvgIpc) is 2.86. The number of carboxylic acid groups (broad SMARTS) is 1. The summed E-state index contributed by atoms with van der Waals surface area (Å²) >= 11 is 0. The number of rotatable bonds is 13. The average molecular weight is 545 g/mol. The molecular formula is C28H38N3O6S-. The van der Waals surface area contributed by atoms with Gasteiger partial charge in [0.25, 0.3) is 0 Å². The zero-order chi connectivity index (χ0) is 28.5. The van der Waals surface area contributed by atoms with Crippen molar-refractivity contribution >= 4 is 16.1 Å². The highest BCUT2D eigenvalue weighted by Crippen LogP contribution is 2.26. The van der Waals surface area contributed by atoms with Gasteiger partial charge >= 0.3 is 0 Å². The topological polar surface area (TPSA) is 134 Å². The van der Waals surface area contributed by atoms with Gasteiger partial charge < -0.3 is 24.6 Å². The maximum Gasteiger partial charge on any atom is 0.243 e. The molecule has 38 heavy (non-hydrogen) atoms. The van der Waals surface area contributed by atoms with Crippen molar-refractivity contribution in [2.75, 3.05) is 20.2 Å². The van der Waals surface area contributed by atoms with Gasteiger partial charge in [-0.25, -0.2) is 8.42 Å². The number of ether oxygens (including phenoxy) is 1. The Balaban J connectivity index is 2.49. The lowest BCUT2D eigenvalue weighted by molar-refractivity contribution is -0.275. The van der Waals surface area contributed by atoms with Crippen molar-refractivity contribution in [2.24, 2.45) is 5.92 Å². The van der Waals surface area contributed by atoms with Crippen LogP contribution in [0.3, 0.4) is 0 Å². The van der Waals surface area contributed by atoms with Crippen molar-refractivity contribution in [3.05, 3.63) is 60.2 Å². The minimum Gasteiger partial charge on any atom is -0.530 e. The van der Waals surface area contributed by atoms with Crippen LogP contribution >= 0.6 is 0 Å².